The first-order valence-electron chi connectivity index (χ1n) is 6.10. The summed E-state index contributed by atoms with van der Waals surface area (Å²) in [6.45, 7) is 3.11. The van der Waals surface area contributed by atoms with Crippen LogP contribution >= 0.6 is 12.4 Å². The van der Waals surface area contributed by atoms with Gasteiger partial charge in [0.05, 0.1) is 6.04 Å². The summed E-state index contributed by atoms with van der Waals surface area (Å²) in [4.78, 5) is 4.60. The summed E-state index contributed by atoms with van der Waals surface area (Å²) in [6, 6.07) is 15.4. The molecule has 18 heavy (non-hydrogen) atoms. The van der Waals surface area contributed by atoms with Gasteiger partial charge in [0.25, 0.3) is 0 Å². The molecule has 0 fully saturated rings. The van der Waals surface area contributed by atoms with Gasteiger partial charge < -0.3 is 5.32 Å². The third-order valence-electron chi connectivity index (χ3n) is 3.22. The predicted molar refractivity (Wildman–Crippen MR) is 79.8 cm³/mol. The summed E-state index contributed by atoms with van der Waals surface area (Å²) in [5.74, 6) is 1.12. The molecular formula is C15H17ClN2. The van der Waals surface area contributed by atoms with Crippen molar-refractivity contribution < 1.29 is 0 Å². The number of amidine groups is 1. The molecule has 2 aromatic rings. The van der Waals surface area contributed by atoms with Gasteiger partial charge in [-0.05, 0) is 23.3 Å². The molecule has 2 aromatic carbocycles. The van der Waals surface area contributed by atoms with E-state index in [9.17, 15) is 0 Å². The van der Waals surface area contributed by atoms with Crippen LogP contribution in [0.25, 0.3) is 10.8 Å². The van der Waals surface area contributed by atoms with Crippen LogP contribution in [0.3, 0.4) is 0 Å². The molecule has 1 aliphatic heterocycles. The zero-order valence-corrected chi connectivity index (χ0v) is 11.2. The third kappa shape index (κ3) is 2.49. The standard InChI is InChI=1S/C15H16N2.ClH/c1-11-10-16-15(17-11)9-13-7-4-6-12-5-2-3-8-14(12)13;/h2-8,11H,9-10H2,1H3,(H,16,17);1H/t11-;/m1./s1. The Balaban J connectivity index is 0.00000120. The maximum Gasteiger partial charge on any atom is 0.101 e. The lowest BCUT2D eigenvalue weighted by Crippen LogP contribution is -2.21. The highest BCUT2D eigenvalue weighted by atomic mass is 35.5. The van der Waals surface area contributed by atoms with E-state index >= 15 is 0 Å². The van der Waals surface area contributed by atoms with Crippen LogP contribution in [0.1, 0.15) is 12.5 Å². The number of nitrogens with zero attached hydrogens (tertiary/aromatic N) is 1. The van der Waals surface area contributed by atoms with Gasteiger partial charge in [-0.15, -0.1) is 12.4 Å². The molecule has 1 heterocycles. The van der Waals surface area contributed by atoms with E-state index < -0.39 is 0 Å². The normalized spacial score (nSPS) is 18.1. The Morgan fingerprint density at radius 1 is 1.17 bits per heavy atom. The zero-order valence-electron chi connectivity index (χ0n) is 10.4. The molecule has 3 heteroatoms. The SMILES string of the molecule is C[C@@H]1CNC(Cc2cccc3ccccc23)=N1.Cl. The second-order valence-corrected chi connectivity index (χ2v) is 4.62. The summed E-state index contributed by atoms with van der Waals surface area (Å²) in [6.07, 6.45) is 0.908. The first-order chi connectivity index (χ1) is 8.33. The second kappa shape index (κ2) is 5.40. The van der Waals surface area contributed by atoms with Crippen molar-refractivity contribution in [3.63, 3.8) is 0 Å². The zero-order chi connectivity index (χ0) is 11.7. The minimum absolute atomic E-state index is 0. The van der Waals surface area contributed by atoms with Gasteiger partial charge in [0, 0.05) is 13.0 Å². The van der Waals surface area contributed by atoms with Crippen LogP contribution in [0.5, 0.6) is 0 Å². The van der Waals surface area contributed by atoms with E-state index in [1.54, 1.807) is 0 Å². The first kappa shape index (κ1) is 12.9. The molecule has 0 spiro atoms. The average Bonchev–Trinajstić information content (AvgIpc) is 2.75. The minimum atomic E-state index is 0. The Morgan fingerprint density at radius 2 is 1.94 bits per heavy atom. The van der Waals surface area contributed by atoms with E-state index in [1.807, 2.05) is 0 Å². The van der Waals surface area contributed by atoms with Gasteiger partial charge in [0.2, 0.25) is 0 Å². The van der Waals surface area contributed by atoms with Crippen LogP contribution in [-0.4, -0.2) is 18.4 Å². The molecule has 0 saturated heterocycles. The van der Waals surface area contributed by atoms with Gasteiger partial charge in [-0.3, -0.25) is 4.99 Å². The fraction of sp³-hybridized carbons (Fsp3) is 0.267. The smallest absolute Gasteiger partial charge is 0.101 e. The molecule has 3 rings (SSSR count). The van der Waals surface area contributed by atoms with Crippen molar-refractivity contribution in [1.29, 1.82) is 0 Å². The monoisotopic (exact) mass is 260 g/mol. The van der Waals surface area contributed by atoms with Crippen LogP contribution in [0.4, 0.5) is 0 Å². The minimum Gasteiger partial charge on any atom is -0.371 e. The maximum absolute atomic E-state index is 4.60. The van der Waals surface area contributed by atoms with Crippen LogP contribution < -0.4 is 5.32 Å². The van der Waals surface area contributed by atoms with E-state index in [1.165, 1.54) is 16.3 Å². The van der Waals surface area contributed by atoms with Crippen molar-refractivity contribution in [3.05, 3.63) is 48.0 Å². The molecule has 0 saturated carbocycles. The number of nitrogens with one attached hydrogen (secondary N) is 1. The molecule has 1 N–H and O–H groups in total. The molecule has 1 aliphatic rings. The molecule has 94 valence electrons. The summed E-state index contributed by atoms with van der Waals surface area (Å²) in [5.41, 5.74) is 1.35. The van der Waals surface area contributed by atoms with Gasteiger partial charge in [-0.1, -0.05) is 42.5 Å². The largest absolute Gasteiger partial charge is 0.371 e. The maximum atomic E-state index is 4.60. The van der Waals surface area contributed by atoms with Crippen molar-refractivity contribution >= 4 is 29.0 Å². The highest BCUT2D eigenvalue weighted by Crippen LogP contribution is 2.19. The Labute approximate surface area is 114 Å². The molecule has 0 aromatic heterocycles. The lowest BCUT2D eigenvalue weighted by Gasteiger charge is -2.06. The lowest BCUT2D eigenvalue weighted by molar-refractivity contribution is 0.765. The Bertz CT molecular complexity index is 572. The Morgan fingerprint density at radius 3 is 2.72 bits per heavy atom. The molecule has 0 aliphatic carbocycles. The molecular weight excluding hydrogens is 244 g/mol. The van der Waals surface area contributed by atoms with Crippen LogP contribution in [-0.2, 0) is 6.42 Å². The average molecular weight is 261 g/mol. The molecule has 0 unspecified atom stereocenters. The van der Waals surface area contributed by atoms with Crippen LogP contribution in [0.2, 0.25) is 0 Å². The summed E-state index contributed by atoms with van der Waals surface area (Å²) in [7, 11) is 0. The summed E-state index contributed by atoms with van der Waals surface area (Å²) >= 11 is 0. The van der Waals surface area contributed by atoms with Gasteiger partial charge in [-0.25, -0.2) is 0 Å². The van der Waals surface area contributed by atoms with Crippen LogP contribution in [0.15, 0.2) is 47.5 Å². The third-order valence-corrected chi connectivity index (χ3v) is 3.22. The van der Waals surface area contributed by atoms with E-state index in [-0.39, 0.29) is 12.4 Å². The number of halogens is 1. The lowest BCUT2D eigenvalue weighted by atomic mass is 10.0. The Kier molecular flexibility index (Phi) is 3.87. The number of benzene rings is 2. The summed E-state index contributed by atoms with van der Waals surface area (Å²) in [5, 5.41) is 6.00. The van der Waals surface area contributed by atoms with Gasteiger partial charge in [-0.2, -0.15) is 0 Å². The number of rotatable bonds is 2. The quantitative estimate of drug-likeness (QED) is 0.881. The highest BCUT2D eigenvalue weighted by Gasteiger charge is 2.12. The van der Waals surface area contributed by atoms with Gasteiger partial charge >= 0.3 is 0 Å². The first-order valence-corrected chi connectivity index (χ1v) is 6.10. The van der Waals surface area contributed by atoms with E-state index in [2.05, 4.69) is 59.7 Å². The van der Waals surface area contributed by atoms with E-state index in [0.29, 0.717) is 6.04 Å². The number of fused-ring (bicyclic) bond motifs is 1. The van der Waals surface area contributed by atoms with Crippen LogP contribution in [0, 0.1) is 0 Å². The number of hydrogen-bond acceptors (Lipinski definition) is 2. The number of hydrogen-bond donors (Lipinski definition) is 1. The molecule has 2 nitrogen and oxygen atoms in total. The molecule has 0 bridgehead atoms. The number of aliphatic imine (C=N–C) groups is 1. The van der Waals surface area contributed by atoms with Gasteiger partial charge in [0.1, 0.15) is 5.84 Å². The summed E-state index contributed by atoms with van der Waals surface area (Å²) < 4.78 is 0. The topological polar surface area (TPSA) is 24.4 Å². The molecule has 0 radical (unpaired) electrons. The predicted octanol–water partition coefficient (Wildman–Crippen LogP) is 3.19. The fourth-order valence-corrected chi connectivity index (χ4v) is 2.36. The molecule has 0 amide bonds. The van der Waals surface area contributed by atoms with Gasteiger partial charge in [0.15, 0.2) is 0 Å². The van der Waals surface area contributed by atoms with Crippen molar-refractivity contribution in [2.24, 2.45) is 4.99 Å². The second-order valence-electron chi connectivity index (χ2n) is 4.62. The molecule has 1 atom stereocenters. The van der Waals surface area contributed by atoms with E-state index in [4.69, 9.17) is 0 Å². The Hall–Kier alpha value is -1.54. The highest BCUT2D eigenvalue weighted by molar-refractivity contribution is 5.92. The fourth-order valence-electron chi connectivity index (χ4n) is 2.36. The van der Waals surface area contributed by atoms with Crippen molar-refractivity contribution in [1.82, 2.24) is 5.32 Å². The van der Waals surface area contributed by atoms with Crippen molar-refractivity contribution in [2.45, 2.75) is 19.4 Å². The van der Waals surface area contributed by atoms with E-state index in [0.717, 1.165) is 18.8 Å². The van der Waals surface area contributed by atoms with Crippen molar-refractivity contribution in [2.75, 3.05) is 6.54 Å². The van der Waals surface area contributed by atoms with Crippen molar-refractivity contribution in [3.8, 4) is 0 Å².